The van der Waals surface area contributed by atoms with Crippen LogP contribution in [-0.2, 0) is 19.1 Å². The van der Waals surface area contributed by atoms with Crippen LogP contribution in [0.15, 0.2) is 43.7 Å². The average Bonchev–Trinajstić information content (AvgIpc) is 2.62. The van der Waals surface area contributed by atoms with Crippen molar-refractivity contribution in [3.05, 3.63) is 49.3 Å². The first-order valence-corrected chi connectivity index (χ1v) is 12.5. The summed E-state index contributed by atoms with van der Waals surface area (Å²) in [5.74, 6) is 0.323. The van der Waals surface area contributed by atoms with E-state index in [1.54, 1.807) is 6.07 Å². The minimum absolute atomic E-state index is 0.0348. The minimum atomic E-state index is -0.632. The molecule has 3 aliphatic rings. The number of hydrogen-bond donors (Lipinski definition) is 1. The summed E-state index contributed by atoms with van der Waals surface area (Å²) in [4.78, 5) is 38.4. The van der Waals surface area contributed by atoms with Gasteiger partial charge in [-0.15, -0.1) is 0 Å². The maximum absolute atomic E-state index is 13.5. The molecule has 2 N–H and O–H groups in total. The number of Topliss-reactive ketones (excluding diaryl/α,β-unsaturated/α-hetero) is 2. The molecule has 0 radical (unpaired) electrons. The van der Waals surface area contributed by atoms with Gasteiger partial charge in [-0.25, -0.2) is 0 Å². The van der Waals surface area contributed by atoms with Crippen LogP contribution in [0, 0.1) is 10.8 Å². The van der Waals surface area contributed by atoms with Gasteiger partial charge in [-0.3, -0.25) is 14.4 Å². The number of benzene rings is 1. The molecule has 1 heterocycles. The molecule has 33 heavy (non-hydrogen) atoms. The predicted molar refractivity (Wildman–Crippen MR) is 130 cm³/mol. The SMILES string of the molecule is CC1(C)CC(=O)C2=C(C1)OC1=C(C(=O)CC(C)(C)C1)C2c1cc(Br)cc(Br)c1OCC(N)=O. The van der Waals surface area contributed by atoms with E-state index in [2.05, 4.69) is 31.9 Å². The summed E-state index contributed by atoms with van der Waals surface area (Å²) in [5.41, 5.74) is 6.49. The molecule has 1 amide bonds. The third-order valence-corrected chi connectivity index (χ3v) is 7.34. The first kappa shape index (κ1) is 24.2. The summed E-state index contributed by atoms with van der Waals surface area (Å²) in [6.45, 7) is 7.86. The Morgan fingerprint density at radius 1 is 1.00 bits per heavy atom. The Balaban J connectivity index is 1.97. The van der Waals surface area contributed by atoms with Crippen LogP contribution >= 0.6 is 31.9 Å². The lowest BCUT2D eigenvalue weighted by atomic mass is 9.65. The van der Waals surface area contributed by atoms with Crippen molar-refractivity contribution < 1.29 is 23.9 Å². The molecule has 0 bridgehead atoms. The van der Waals surface area contributed by atoms with Gasteiger partial charge in [0.15, 0.2) is 18.2 Å². The van der Waals surface area contributed by atoms with E-state index in [4.69, 9.17) is 15.2 Å². The molecule has 1 aromatic carbocycles. The van der Waals surface area contributed by atoms with Gasteiger partial charge in [-0.2, -0.15) is 0 Å². The zero-order valence-electron chi connectivity index (χ0n) is 19.1. The molecule has 0 aromatic heterocycles. The van der Waals surface area contributed by atoms with Crippen molar-refractivity contribution in [3.8, 4) is 5.75 Å². The van der Waals surface area contributed by atoms with Crippen molar-refractivity contribution >= 4 is 49.3 Å². The molecule has 0 spiro atoms. The van der Waals surface area contributed by atoms with E-state index < -0.39 is 11.8 Å². The molecule has 1 aromatic rings. The second kappa shape index (κ2) is 8.38. The second-order valence-electron chi connectivity index (χ2n) is 10.7. The fourth-order valence-corrected chi connectivity index (χ4v) is 6.45. The molecule has 176 valence electrons. The van der Waals surface area contributed by atoms with Crippen molar-refractivity contribution in [2.45, 2.75) is 59.3 Å². The number of ether oxygens (including phenoxy) is 2. The van der Waals surface area contributed by atoms with Crippen molar-refractivity contribution in [3.63, 3.8) is 0 Å². The van der Waals surface area contributed by atoms with E-state index in [9.17, 15) is 14.4 Å². The number of primary amides is 1. The topological polar surface area (TPSA) is 95.7 Å². The summed E-state index contributed by atoms with van der Waals surface area (Å²) in [6, 6.07) is 3.63. The first-order chi connectivity index (χ1) is 15.3. The van der Waals surface area contributed by atoms with Crippen molar-refractivity contribution in [2.24, 2.45) is 16.6 Å². The van der Waals surface area contributed by atoms with Gasteiger partial charge < -0.3 is 15.2 Å². The number of carbonyl (C=O) groups is 3. The number of hydrogen-bond acceptors (Lipinski definition) is 5. The largest absolute Gasteiger partial charge is 0.482 e. The van der Waals surface area contributed by atoms with E-state index in [1.165, 1.54) is 0 Å². The monoisotopic (exact) mass is 579 g/mol. The third-order valence-electron chi connectivity index (χ3n) is 6.29. The van der Waals surface area contributed by atoms with Crippen LogP contribution in [0.1, 0.15) is 64.9 Å². The fourth-order valence-electron chi connectivity index (χ4n) is 5.08. The third kappa shape index (κ3) is 4.69. The smallest absolute Gasteiger partial charge is 0.255 e. The van der Waals surface area contributed by atoms with Crippen molar-refractivity contribution in [2.75, 3.05) is 6.61 Å². The minimum Gasteiger partial charge on any atom is -0.482 e. The number of rotatable bonds is 4. The lowest BCUT2D eigenvalue weighted by molar-refractivity contribution is -0.121. The highest BCUT2D eigenvalue weighted by Gasteiger charge is 2.48. The van der Waals surface area contributed by atoms with E-state index in [-0.39, 0.29) is 29.0 Å². The second-order valence-corrected chi connectivity index (χ2v) is 12.4. The van der Waals surface area contributed by atoms with Crippen LogP contribution < -0.4 is 10.5 Å². The Hall–Kier alpha value is -1.93. The van der Waals surface area contributed by atoms with Crippen LogP contribution in [0.4, 0.5) is 0 Å². The van der Waals surface area contributed by atoms with E-state index >= 15 is 0 Å². The van der Waals surface area contributed by atoms with Crippen LogP contribution in [0.2, 0.25) is 0 Å². The van der Waals surface area contributed by atoms with E-state index in [1.807, 2.05) is 33.8 Å². The summed E-state index contributed by atoms with van der Waals surface area (Å²) in [6.07, 6.45) is 1.92. The maximum atomic E-state index is 13.5. The van der Waals surface area contributed by atoms with Gasteiger partial charge in [0.05, 0.1) is 10.4 Å². The number of nitrogens with two attached hydrogens (primary N) is 1. The van der Waals surface area contributed by atoms with Gasteiger partial charge >= 0.3 is 0 Å². The van der Waals surface area contributed by atoms with Gasteiger partial charge in [0.1, 0.15) is 17.3 Å². The lowest BCUT2D eigenvalue weighted by Crippen LogP contribution is -2.37. The molecule has 0 fully saturated rings. The molecular weight excluding hydrogens is 554 g/mol. The number of ketones is 2. The molecule has 8 heteroatoms. The van der Waals surface area contributed by atoms with Crippen LogP contribution in [0.5, 0.6) is 5.75 Å². The van der Waals surface area contributed by atoms with Gasteiger partial charge in [0, 0.05) is 46.9 Å². The lowest BCUT2D eigenvalue weighted by Gasteiger charge is -2.43. The van der Waals surface area contributed by atoms with Gasteiger partial charge in [0.25, 0.3) is 5.91 Å². The van der Waals surface area contributed by atoms with Crippen molar-refractivity contribution in [1.29, 1.82) is 0 Å². The average molecular weight is 581 g/mol. The number of halogens is 2. The zero-order valence-corrected chi connectivity index (χ0v) is 22.3. The highest BCUT2D eigenvalue weighted by atomic mass is 79.9. The molecule has 4 rings (SSSR count). The molecular formula is C25H27Br2NO5. The Labute approximate surface area is 210 Å². The van der Waals surface area contributed by atoms with Gasteiger partial charge in [0.2, 0.25) is 0 Å². The highest BCUT2D eigenvalue weighted by molar-refractivity contribution is 9.11. The summed E-state index contributed by atoms with van der Waals surface area (Å²) >= 11 is 7.04. The molecule has 0 unspecified atom stereocenters. The number of carbonyl (C=O) groups excluding carboxylic acids is 3. The Morgan fingerprint density at radius 2 is 1.52 bits per heavy atom. The predicted octanol–water partition coefficient (Wildman–Crippen LogP) is 5.48. The fraction of sp³-hybridized carbons (Fsp3) is 0.480. The molecule has 2 aliphatic carbocycles. The summed E-state index contributed by atoms with van der Waals surface area (Å²) in [7, 11) is 0. The number of allylic oxidation sites excluding steroid dienone is 4. The molecule has 0 saturated heterocycles. The van der Waals surface area contributed by atoms with E-state index in [0.717, 1.165) is 4.47 Å². The molecule has 0 atom stereocenters. The van der Waals surface area contributed by atoms with Crippen LogP contribution in [0.3, 0.4) is 0 Å². The zero-order chi connectivity index (χ0) is 24.3. The van der Waals surface area contributed by atoms with Crippen molar-refractivity contribution in [1.82, 2.24) is 0 Å². The Kier molecular flexibility index (Phi) is 6.15. The Morgan fingerprint density at radius 3 is 2.00 bits per heavy atom. The quantitative estimate of drug-likeness (QED) is 0.509. The summed E-state index contributed by atoms with van der Waals surface area (Å²) < 4.78 is 13.5. The molecule has 6 nitrogen and oxygen atoms in total. The standard InChI is InChI=1S/C25H27Br2NO5/c1-24(2)7-15(29)21-17(9-24)33-18-10-25(3,4)8-16(30)22(18)20(21)13-5-12(26)6-14(27)23(13)32-11-19(28)31/h5-6,20H,7-11H2,1-4H3,(H2,28,31). The first-order valence-electron chi connectivity index (χ1n) is 10.9. The highest BCUT2D eigenvalue weighted by Crippen LogP contribution is 2.55. The normalized spacial score (nSPS) is 22.0. The van der Waals surface area contributed by atoms with Gasteiger partial charge in [-0.05, 0) is 38.9 Å². The van der Waals surface area contributed by atoms with Gasteiger partial charge in [-0.1, -0.05) is 43.6 Å². The summed E-state index contributed by atoms with van der Waals surface area (Å²) in [5, 5.41) is 0. The van der Waals surface area contributed by atoms with Crippen LogP contribution in [-0.4, -0.2) is 24.1 Å². The maximum Gasteiger partial charge on any atom is 0.255 e. The molecule has 0 saturated carbocycles. The van der Waals surface area contributed by atoms with E-state index in [0.29, 0.717) is 64.1 Å². The number of amides is 1. The van der Waals surface area contributed by atoms with Crippen LogP contribution in [0.25, 0.3) is 0 Å². The Bertz CT molecular complexity index is 1090. The molecule has 1 aliphatic heterocycles.